The Morgan fingerprint density at radius 2 is 2.16 bits per heavy atom. The second kappa shape index (κ2) is 4.53. The molecule has 2 aromatic rings. The molecule has 4 nitrogen and oxygen atoms in total. The second-order valence-electron chi connectivity index (χ2n) is 5.04. The SMILES string of the molecule is Cc1cnc(N2CCc3ccccc3[C@H]2C)[nH]c1=O. The van der Waals surface area contributed by atoms with E-state index < -0.39 is 0 Å². The van der Waals surface area contributed by atoms with Gasteiger partial charge in [0.2, 0.25) is 5.95 Å². The highest BCUT2D eigenvalue weighted by molar-refractivity contribution is 5.43. The summed E-state index contributed by atoms with van der Waals surface area (Å²) in [6.07, 6.45) is 2.62. The number of nitrogens with zero attached hydrogens (tertiary/aromatic N) is 2. The number of benzene rings is 1. The highest BCUT2D eigenvalue weighted by atomic mass is 16.1. The number of anilines is 1. The fourth-order valence-corrected chi connectivity index (χ4v) is 2.66. The first-order chi connectivity index (χ1) is 9.16. The van der Waals surface area contributed by atoms with Gasteiger partial charge >= 0.3 is 0 Å². The minimum Gasteiger partial charge on any atom is -0.335 e. The van der Waals surface area contributed by atoms with Gasteiger partial charge in [0.25, 0.3) is 5.56 Å². The first-order valence-electron chi connectivity index (χ1n) is 6.57. The molecule has 0 bridgehead atoms. The van der Waals surface area contributed by atoms with Crippen LogP contribution < -0.4 is 10.5 Å². The smallest absolute Gasteiger partial charge is 0.255 e. The van der Waals surface area contributed by atoms with E-state index in [-0.39, 0.29) is 11.6 Å². The summed E-state index contributed by atoms with van der Waals surface area (Å²) in [6, 6.07) is 8.69. The molecule has 1 N–H and O–H groups in total. The molecule has 0 spiro atoms. The first-order valence-corrected chi connectivity index (χ1v) is 6.57. The summed E-state index contributed by atoms with van der Waals surface area (Å²) in [5, 5.41) is 0. The molecule has 0 saturated heterocycles. The zero-order chi connectivity index (χ0) is 13.4. The van der Waals surface area contributed by atoms with Crippen molar-refractivity contribution in [1.29, 1.82) is 0 Å². The van der Waals surface area contributed by atoms with Crippen LogP contribution in [0.4, 0.5) is 5.95 Å². The van der Waals surface area contributed by atoms with E-state index in [9.17, 15) is 4.79 Å². The van der Waals surface area contributed by atoms with E-state index in [2.05, 4.69) is 46.1 Å². The third-order valence-corrected chi connectivity index (χ3v) is 3.83. The first kappa shape index (κ1) is 12.0. The molecule has 0 amide bonds. The third kappa shape index (κ3) is 2.03. The fraction of sp³-hybridized carbons (Fsp3) is 0.333. The average Bonchev–Trinajstić information content (AvgIpc) is 2.43. The average molecular weight is 255 g/mol. The molecule has 1 atom stereocenters. The summed E-state index contributed by atoms with van der Waals surface area (Å²) in [4.78, 5) is 21.1. The van der Waals surface area contributed by atoms with Gasteiger partial charge in [-0.05, 0) is 31.4 Å². The third-order valence-electron chi connectivity index (χ3n) is 3.83. The van der Waals surface area contributed by atoms with E-state index in [1.54, 1.807) is 13.1 Å². The second-order valence-corrected chi connectivity index (χ2v) is 5.04. The fourth-order valence-electron chi connectivity index (χ4n) is 2.66. The summed E-state index contributed by atoms with van der Waals surface area (Å²) in [6.45, 7) is 4.80. The number of hydrogen-bond donors (Lipinski definition) is 1. The van der Waals surface area contributed by atoms with Crippen molar-refractivity contribution in [2.24, 2.45) is 0 Å². The van der Waals surface area contributed by atoms with Crippen LogP contribution in [0.25, 0.3) is 0 Å². The molecule has 1 aliphatic rings. The van der Waals surface area contributed by atoms with Gasteiger partial charge in [-0.15, -0.1) is 0 Å². The van der Waals surface area contributed by atoms with Gasteiger partial charge in [0.05, 0.1) is 6.04 Å². The molecule has 0 unspecified atom stereocenters. The van der Waals surface area contributed by atoms with Gasteiger partial charge in [-0.25, -0.2) is 4.98 Å². The van der Waals surface area contributed by atoms with Crippen molar-refractivity contribution in [2.75, 3.05) is 11.4 Å². The van der Waals surface area contributed by atoms with Crippen LogP contribution in [0.15, 0.2) is 35.3 Å². The molecular weight excluding hydrogens is 238 g/mol. The Labute approximate surface area is 112 Å². The van der Waals surface area contributed by atoms with E-state index in [1.807, 2.05) is 0 Å². The lowest BCUT2D eigenvalue weighted by atomic mass is 9.94. The largest absolute Gasteiger partial charge is 0.335 e. The maximum atomic E-state index is 11.7. The van der Waals surface area contributed by atoms with Crippen LogP contribution in [0, 0.1) is 6.92 Å². The van der Waals surface area contributed by atoms with Gasteiger partial charge in [-0.3, -0.25) is 9.78 Å². The van der Waals surface area contributed by atoms with Crippen LogP contribution in [-0.4, -0.2) is 16.5 Å². The zero-order valence-electron chi connectivity index (χ0n) is 11.2. The van der Waals surface area contributed by atoms with Crippen LogP contribution in [-0.2, 0) is 6.42 Å². The molecule has 3 rings (SSSR count). The monoisotopic (exact) mass is 255 g/mol. The quantitative estimate of drug-likeness (QED) is 0.850. The molecule has 0 aliphatic carbocycles. The molecule has 0 radical (unpaired) electrons. The lowest BCUT2D eigenvalue weighted by molar-refractivity contribution is 0.606. The maximum Gasteiger partial charge on any atom is 0.255 e. The van der Waals surface area contributed by atoms with Crippen molar-refractivity contribution in [2.45, 2.75) is 26.3 Å². The summed E-state index contributed by atoms with van der Waals surface area (Å²) < 4.78 is 0. The zero-order valence-corrected chi connectivity index (χ0v) is 11.2. The van der Waals surface area contributed by atoms with Gasteiger partial charge in [-0.2, -0.15) is 0 Å². The maximum absolute atomic E-state index is 11.7. The van der Waals surface area contributed by atoms with Crippen LogP contribution in [0.5, 0.6) is 0 Å². The Bertz CT molecular complexity index is 662. The van der Waals surface area contributed by atoms with Crippen LogP contribution in [0.1, 0.15) is 29.7 Å². The van der Waals surface area contributed by atoms with Gasteiger partial charge in [0.15, 0.2) is 0 Å². The van der Waals surface area contributed by atoms with Crippen molar-refractivity contribution < 1.29 is 0 Å². The summed E-state index contributed by atoms with van der Waals surface area (Å²) in [5.74, 6) is 0.664. The number of hydrogen-bond acceptors (Lipinski definition) is 3. The molecule has 1 aliphatic heterocycles. The molecule has 1 aromatic carbocycles. The molecule has 0 fully saturated rings. The number of nitrogens with one attached hydrogen (secondary N) is 1. The van der Waals surface area contributed by atoms with Gasteiger partial charge in [-0.1, -0.05) is 24.3 Å². The number of aromatic amines is 1. The Kier molecular flexibility index (Phi) is 2.85. The molecule has 0 saturated carbocycles. The van der Waals surface area contributed by atoms with Gasteiger partial charge in [0.1, 0.15) is 0 Å². The van der Waals surface area contributed by atoms with Crippen molar-refractivity contribution in [3.05, 3.63) is 57.5 Å². The van der Waals surface area contributed by atoms with E-state index in [0.717, 1.165) is 13.0 Å². The molecule has 19 heavy (non-hydrogen) atoms. The highest BCUT2D eigenvalue weighted by Crippen LogP contribution is 2.30. The highest BCUT2D eigenvalue weighted by Gasteiger charge is 2.24. The molecule has 98 valence electrons. The minimum absolute atomic E-state index is 0.0592. The molecule has 1 aromatic heterocycles. The predicted molar refractivity (Wildman–Crippen MR) is 75.5 cm³/mol. The summed E-state index contributed by atoms with van der Waals surface area (Å²) >= 11 is 0. The number of H-pyrrole nitrogens is 1. The van der Waals surface area contributed by atoms with Gasteiger partial charge in [0, 0.05) is 18.3 Å². The number of rotatable bonds is 1. The normalized spacial score (nSPS) is 18.2. The Balaban J connectivity index is 1.99. The predicted octanol–water partition coefficient (Wildman–Crippen LogP) is 2.20. The molecule has 2 heterocycles. The van der Waals surface area contributed by atoms with E-state index in [4.69, 9.17) is 0 Å². The molecule has 4 heteroatoms. The van der Waals surface area contributed by atoms with Gasteiger partial charge < -0.3 is 4.90 Å². The van der Waals surface area contributed by atoms with Crippen molar-refractivity contribution in [1.82, 2.24) is 9.97 Å². The van der Waals surface area contributed by atoms with Crippen LogP contribution in [0.2, 0.25) is 0 Å². The van der Waals surface area contributed by atoms with E-state index >= 15 is 0 Å². The molecular formula is C15H17N3O. The van der Waals surface area contributed by atoms with E-state index in [1.165, 1.54) is 11.1 Å². The van der Waals surface area contributed by atoms with Crippen molar-refractivity contribution in [3.8, 4) is 0 Å². The Hall–Kier alpha value is -2.10. The van der Waals surface area contributed by atoms with Crippen LogP contribution >= 0.6 is 0 Å². The number of fused-ring (bicyclic) bond motifs is 1. The lowest BCUT2D eigenvalue weighted by Gasteiger charge is -2.35. The van der Waals surface area contributed by atoms with Crippen LogP contribution in [0.3, 0.4) is 0 Å². The Morgan fingerprint density at radius 3 is 2.95 bits per heavy atom. The summed E-state index contributed by atoms with van der Waals surface area (Å²) in [7, 11) is 0. The Morgan fingerprint density at radius 1 is 1.37 bits per heavy atom. The van der Waals surface area contributed by atoms with E-state index in [0.29, 0.717) is 11.5 Å². The number of aromatic nitrogens is 2. The van der Waals surface area contributed by atoms with Crippen molar-refractivity contribution >= 4 is 5.95 Å². The number of aryl methyl sites for hydroxylation is 1. The lowest BCUT2D eigenvalue weighted by Crippen LogP contribution is -2.36. The topological polar surface area (TPSA) is 49.0 Å². The minimum atomic E-state index is -0.0592. The standard InChI is InChI=1S/C15H17N3O/c1-10-9-16-15(17-14(10)19)18-8-7-12-5-3-4-6-13(12)11(18)2/h3-6,9,11H,7-8H2,1-2H3,(H,16,17,19)/t11-/m1/s1. The summed E-state index contributed by atoms with van der Waals surface area (Å²) in [5.41, 5.74) is 3.29. The van der Waals surface area contributed by atoms with Crippen molar-refractivity contribution in [3.63, 3.8) is 0 Å².